The van der Waals surface area contributed by atoms with E-state index in [2.05, 4.69) is 79.9 Å². The Morgan fingerprint density at radius 1 is 0.474 bits per heavy atom. The van der Waals surface area contributed by atoms with Crippen LogP contribution in [0.2, 0.25) is 0 Å². The number of unbranched alkanes of at least 4 members (excludes halogenated alkanes) is 36. The highest BCUT2D eigenvalue weighted by Gasteiger charge is 2.23. The second-order valence-corrected chi connectivity index (χ2v) is 24.5. The molecule has 2 N–H and O–H groups in total. The number of aliphatic hydroxyl groups excluding tert-OH is 1. The zero-order valence-corrected chi connectivity index (χ0v) is 51.6. The molecule has 0 radical (unpaired) electrons. The van der Waals surface area contributed by atoms with Gasteiger partial charge in [-0.3, -0.25) is 9.36 Å². The van der Waals surface area contributed by atoms with Crippen molar-refractivity contribution in [1.82, 2.24) is 5.32 Å². The molecule has 9 heteroatoms. The number of rotatable bonds is 59. The molecule has 0 aromatic heterocycles. The van der Waals surface area contributed by atoms with Crippen molar-refractivity contribution in [2.24, 2.45) is 0 Å². The van der Waals surface area contributed by atoms with Crippen LogP contribution >= 0.6 is 7.82 Å². The average molecular weight is 1090 g/mol. The molecule has 0 fully saturated rings. The molecule has 3 atom stereocenters. The fourth-order valence-corrected chi connectivity index (χ4v) is 10.1. The number of allylic oxidation sites excluding steroid dienone is 11. The third-order valence-corrected chi connectivity index (χ3v) is 15.4. The fraction of sp³-hybridized carbons (Fsp3) is 0.806. The van der Waals surface area contributed by atoms with Gasteiger partial charge in [-0.2, -0.15) is 0 Å². The third-order valence-electron chi connectivity index (χ3n) is 14.4. The maximum Gasteiger partial charge on any atom is 0.268 e. The first-order valence-electron chi connectivity index (χ1n) is 32.3. The maximum atomic E-state index is 13.0. The molecule has 0 aromatic carbocycles. The van der Waals surface area contributed by atoms with Gasteiger partial charge in [0.05, 0.1) is 39.9 Å². The largest absolute Gasteiger partial charge is 0.756 e. The molecule has 0 aliphatic carbocycles. The van der Waals surface area contributed by atoms with Gasteiger partial charge in [-0.15, -0.1) is 0 Å². The zero-order chi connectivity index (χ0) is 55.6. The highest BCUT2D eigenvalue weighted by molar-refractivity contribution is 7.45. The van der Waals surface area contributed by atoms with Crippen LogP contribution in [-0.2, 0) is 18.4 Å². The van der Waals surface area contributed by atoms with Gasteiger partial charge < -0.3 is 28.8 Å². The quantitative estimate of drug-likeness (QED) is 0.0272. The van der Waals surface area contributed by atoms with Gasteiger partial charge in [0, 0.05) is 6.42 Å². The molecule has 0 spiro atoms. The van der Waals surface area contributed by atoms with Gasteiger partial charge in [0.1, 0.15) is 13.2 Å². The molecule has 1 amide bonds. The van der Waals surface area contributed by atoms with E-state index in [1.54, 1.807) is 6.08 Å². The normalized spacial score (nSPS) is 14.2. The maximum absolute atomic E-state index is 13.0. The standard InChI is InChI=1S/C67H125N2O6P/c1-6-8-10-12-14-16-18-20-22-24-25-26-27-28-29-30-31-32-33-34-35-36-37-38-39-40-41-42-43-45-47-49-51-53-55-57-59-61-67(71)68-65(64-75-76(72,73)74-63-62-69(3,4)5)66(70)60-58-56-54-52-50-48-46-44-23-21-19-17-15-13-11-9-7-2/h8,10,14,16,20,22,25-26,50,52,58,60,65-66,70H,6-7,9,11-13,15,17-19,21,23-24,27-49,51,53-57,59,61-64H2,1-5H3,(H-,68,71,72,73)/b10-8-,16-14-,22-20-,26-25-,52-50+,60-58+. The minimum atomic E-state index is -4.61. The number of hydrogen-bond acceptors (Lipinski definition) is 6. The number of carbonyl (C=O) groups is 1. The molecule has 0 aromatic rings. The number of nitrogens with zero attached hydrogens (tertiary/aromatic N) is 1. The van der Waals surface area contributed by atoms with Gasteiger partial charge in [-0.25, -0.2) is 0 Å². The first-order chi connectivity index (χ1) is 37.0. The van der Waals surface area contributed by atoms with Crippen molar-refractivity contribution in [2.45, 2.75) is 309 Å². The van der Waals surface area contributed by atoms with Crippen LogP contribution in [0.1, 0.15) is 296 Å². The van der Waals surface area contributed by atoms with E-state index in [0.717, 1.165) is 64.2 Å². The van der Waals surface area contributed by atoms with Crippen molar-refractivity contribution in [1.29, 1.82) is 0 Å². The van der Waals surface area contributed by atoms with E-state index in [1.165, 1.54) is 212 Å². The lowest BCUT2D eigenvalue weighted by Gasteiger charge is -2.29. The molecular weight excluding hydrogens is 960 g/mol. The van der Waals surface area contributed by atoms with E-state index in [4.69, 9.17) is 9.05 Å². The fourth-order valence-electron chi connectivity index (χ4n) is 9.40. The Hall–Kier alpha value is -2.06. The highest BCUT2D eigenvalue weighted by atomic mass is 31.2. The van der Waals surface area contributed by atoms with Crippen LogP contribution < -0.4 is 10.2 Å². The van der Waals surface area contributed by atoms with E-state index in [-0.39, 0.29) is 12.5 Å². The summed E-state index contributed by atoms with van der Waals surface area (Å²) in [5.74, 6) is -0.203. The summed E-state index contributed by atoms with van der Waals surface area (Å²) in [5, 5.41) is 13.9. The summed E-state index contributed by atoms with van der Waals surface area (Å²) in [6, 6.07) is -0.904. The molecule has 0 saturated heterocycles. The summed E-state index contributed by atoms with van der Waals surface area (Å²) in [6.07, 6.45) is 80.2. The molecule has 8 nitrogen and oxygen atoms in total. The van der Waals surface area contributed by atoms with Crippen LogP contribution in [0.15, 0.2) is 72.9 Å². The Kier molecular flexibility index (Phi) is 56.1. The summed E-state index contributed by atoms with van der Waals surface area (Å²) in [5.41, 5.74) is 0. The van der Waals surface area contributed by atoms with Gasteiger partial charge in [0.25, 0.3) is 7.82 Å². The van der Waals surface area contributed by atoms with Crippen molar-refractivity contribution in [3.63, 3.8) is 0 Å². The smallest absolute Gasteiger partial charge is 0.268 e. The van der Waals surface area contributed by atoms with E-state index in [1.807, 2.05) is 27.2 Å². The number of quaternary nitrogens is 1. The summed E-state index contributed by atoms with van der Waals surface area (Å²) in [7, 11) is 1.25. The second kappa shape index (κ2) is 57.6. The molecule has 444 valence electrons. The van der Waals surface area contributed by atoms with Gasteiger partial charge in [-0.1, -0.05) is 292 Å². The van der Waals surface area contributed by atoms with Gasteiger partial charge in [0.2, 0.25) is 5.91 Å². The van der Waals surface area contributed by atoms with Crippen LogP contribution in [0.25, 0.3) is 0 Å². The lowest BCUT2D eigenvalue weighted by molar-refractivity contribution is -0.870. The second-order valence-electron chi connectivity index (χ2n) is 23.1. The number of hydrogen-bond donors (Lipinski definition) is 2. The van der Waals surface area contributed by atoms with Crippen LogP contribution in [-0.4, -0.2) is 68.5 Å². The topological polar surface area (TPSA) is 108 Å². The minimum absolute atomic E-state index is 0.00622. The number of nitrogens with one attached hydrogen (secondary N) is 1. The first-order valence-corrected chi connectivity index (χ1v) is 33.8. The number of likely N-dealkylation sites (N-methyl/N-ethyl adjacent to an activating group) is 1. The van der Waals surface area contributed by atoms with Gasteiger partial charge in [-0.05, 0) is 70.6 Å². The van der Waals surface area contributed by atoms with E-state index < -0.39 is 26.6 Å². The lowest BCUT2D eigenvalue weighted by Crippen LogP contribution is -2.45. The summed E-state index contributed by atoms with van der Waals surface area (Å²) in [6.45, 7) is 4.54. The molecule has 0 saturated carbocycles. The van der Waals surface area contributed by atoms with Crippen molar-refractivity contribution < 1.29 is 32.9 Å². The monoisotopic (exact) mass is 1080 g/mol. The molecule has 0 rings (SSSR count). The predicted octanol–water partition coefficient (Wildman–Crippen LogP) is 19.6. The van der Waals surface area contributed by atoms with Crippen LogP contribution in [0.4, 0.5) is 0 Å². The summed E-state index contributed by atoms with van der Waals surface area (Å²) < 4.78 is 23.4. The number of carbonyl (C=O) groups excluding carboxylic acids is 1. The highest BCUT2D eigenvalue weighted by Crippen LogP contribution is 2.38. The van der Waals surface area contributed by atoms with E-state index in [0.29, 0.717) is 17.4 Å². The Labute approximate surface area is 472 Å². The van der Waals surface area contributed by atoms with Gasteiger partial charge >= 0.3 is 0 Å². The summed E-state index contributed by atoms with van der Waals surface area (Å²) in [4.78, 5) is 25.5. The van der Waals surface area contributed by atoms with E-state index in [9.17, 15) is 19.4 Å². The SMILES string of the molecule is CC/C=C\C/C=C\C/C=C\C/C=C\CCCCCCCCCCCCCCCCCCCCCCCCCCC(=O)NC(COP(=O)([O-])OCC[N+](C)(C)C)C(O)/C=C/CC/C=C/CCCCCCCCCCCCC. The number of phosphoric ester groups is 1. The Morgan fingerprint density at radius 2 is 0.816 bits per heavy atom. The molecule has 0 bridgehead atoms. The van der Waals surface area contributed by atoms with Crippen LogP contribution in [0, 0.1) is 0 Å². The zero-order valence-electron chi connectivity index (χ0n) is 50.7. The average Bonchev–Trinajstić information content (AvgIpc) is 3.38. The molecular formula is C67H125N2O6P. The van der Waals surface area contributed by atoms with Crippen molar-refractivity contribution in [3.05, 3.63) is 72.9 Å². The number of amides is 1. The molecule has 0 heterocycles. The van der Waals surface area contributed by atoms with Crippen LogP contribution in [0.3, 0.4) is 0 Å². The predicted molar refractivity (Wildman–Crippen MR) is 330 cm³/mol. The number of aliphatic hydroxyl groups is 1. The molecule has 76 heavy (non-hydrogen) atoms. The van der Waals surface area contributed by atoms with Crippen molar-refractivity contribution >= 4 is 13.7 Å². The first kappa shape index (κ1) is 73.9. The van der Waals surface area contributed by atoms with E-state index >= 15 is 0 Å². The molecule has 0 aliphatic rings. The molecule has 0 aliphatic heterocycles. The summed E-state index contributed by atoms with van der Waals surface area (Å²) >= 11 is 0. The Bertz CT molecular complexity index is 1470. The lowest BCUT2D eigenvalue weighted by atomic mass is 10.0. The van der Waals surface area contributed by atoms with Gasteiger partial charge in [0.15, 0.2) is 0 Å². The Balaban J connectivity index is 3.99. The Morgan fingerprint density at radius 3 is 1.22 bits per heavy atom. The minimum Gasteiger partial charge on any atom is -0.756 e. The number of phosphoric acid groups is 1. The van der Waals surface area contributed by atoms with Crippen molar-refractivity contribution in [3.8, 4) is 0 Å². The van der Waals surface area contributed by atoms with Crippen LogP contribution in [0.5, 0.6) is 0 Å². The third kappa shape index (κ3) is 59.6. The molecule has 3 unspecified atom stereocenters. The van der Waals surface area contributed by atoms with Crippen molar-refractivity contribution in [2.75, 3.05) is 40.9 Å².